The van der Waals surface area contributed by atoms with E-state index in [1.54, 1.807) is 19.3 Å². The van der Waals surface area contributed by atoms with Crippen LogP contribution in [0.25, 0.3) is 0 Å². The minimum absolute atomic E-state index is 0.649. The van der Waals surface area contributed by atoms with Crippen LogP contribution in [-0.4, -0.2) is 10.7 Å². The molecular formula is C10H18O. The Balaban J connectivity index is 3.43. The van der Waals surface area contributed by atoms with Gasteiger partial charge in [-0.15, -0.1) is 0 Å². The molecule has 1 nitrogen and oxygen atoms in total. The molecule has 1 atom stereocenters. The summed E-state index contributed by atoms with van der Waals surface area (Å²) in [5.74, 6) is 0. The predicted molar refractivity (Wildman–Crippen MR) is 48.4 cm³/mol. The van der Waals surface area contributed by atoms with Crippen LogP contribution in [0.15, 0.2) is 0 Å². The molecule has 0 rings (SSSR count). The van der Waals surface area contributed by atoms with Crippen LogP contribution in [0.1, 0.15) is 33.1 Å². The van der Waals surface area contributed by atoms with Crippen molar-refractivity contribution in [3.05, 3.63) is 26.2 Å². The zero-order chi connectivity index (χ0) is 8.74. The van der Waals surface area contributed by atoms with Gasteiger partial charge in [-0.1, -0.05) is 19.8 Å². The van der Waals surface area contributed by atoms with Crippen molar-refractivity contribution in [1.82, 2.24) is 0 Å². The molecule has 0 amide bonds. The van der Waals surface area contributed by atoms with Crippen LogP contribution < -0.4 is 0 Å². The van der Waals surface area contributed by atoms with Crippen molar-refractivity contribution in [1.29, 1.82) is 0 Å². The molecule has 4 radical (unpaired) electrons. The van der Waals surface area contributed by atoms with E-state index in [-0.39, 0.29) is 0 Å². The van der Waals surface area contributed by atoms with Crippen LogP contribution in [0.4, 0.5) is 0 Å². The molecule has 0 aromatic carbocycles. The quantitative estimate of drug-likeness (QED) is 0.622. The lowest BCUT2D eigenvalue weighted by Gasteiger charge is -2.21. The molecule has 0 saturated heterocycles. The molecule has 0 aromatic heterocycles. The first-order valence-corrected chi connectivity index (χ1v) is 4.15. The monoisotopic (exact) mass is 154 g/mol. The maximum Gasteiger partial charge on any atom is 0.0654 e. The van der Waals surface area contributed by atoms with E-state index in [0.29, 0.717) is 0 Å². The first kappa shape index (κ1) is 11.0. The second-order valence-electron chi connectivity index (χ2n) is 3.06. The number of rotatable bonds is 6. The largest absolute Gasteiger partial charge is 0.390 e. The third-order valence-corrected chi connectivity index (χ3v) is 1.63. The van der Waals surface area contributed by atoms with Gasteiger partial charge in [0.25, 0.3) is 0 Å². The van der Waals surface area contributed by atoms with Crippen LogP contribution in [-0.2, 0) is 0 Å². The van der Waals surface area contributed by atoms with E-state index in [1.165, 1.54) is 0 Å². The minimum Gasteiger partial charge on any atom is -0.390 e. The third kappa shape index (κ3) is 6.36. The Kier molecular flexibility index (Phi) is 5.57. The molecule has 0 heterocycles. The number of aliphatic hydroxyl groups is 1. The smallest absolute Gasteiger partial charge is 0.0654 e. The molecule has 0 saturated carbocycles. The fraction of sp³-hybridized carbons (Fsp3) is 0.600. The van der Waals surface area contributed by atoms with Gasteiger partial charge < -0.3 is 5.11 Å². The third-order valence-electron chi connectivity index (χ3n) is 1.63. The SMILES string of the molecule is [CH2][CH][CH][CH][C@@](C)(O)CCCC. The highest BCUT2D eigenvalue weighted by molar-refractivity contribution is 5.06. The first-order chi connectivity index (χ1) is 5.12. The molecule has 0 bridgehead atoms. The maximum atomic E-state index is 9.64. The van der Waals surface area contributed by atoms with Crippen LogP contribution in [0, 0.1) is 26.2 Å². The average Bonchev–Trinajstić information content (AvgIpc) is 1.97. The van der Waals surface area contributed by atoms with Gasteiger partial charge in [0, 0.05) is 0 Å². The highest BCUT2D eigenvalue weighted by Gasteiger charge is 2.18. The van der Waals surface area contributed by atoms with E-state index in [9.17, 15) is 5.11 Å². The average molecular weight is 154 g/mol. The first-order valence-electron chi connectivity index (χ1n) is 4.15. The van der Waals surface area contributed by atoms with Crippen LogP contribution in [0.2, 0.25) is 0 Å². The normalized spacial score (nSPS) is 12.0. The summed E-state index contributed by atoms with van der Waals surface area (Å²) in [6.45, 7) is 7.49. The summed E-state index contributed by atoms with van der Waals surface area (Å²) in [6.07, 6.45) is 8.27. The van der Waals surface area contributed by atoms with Gasteiger partial charge in [0.15, 0.2) is 0 Å². The van der Waals surface area contributed by atoms with Gasteiger partial charge >= 0.3 is 0 Å². The predicted octanol–water partition coefficient (Wildman–Crippen LogP) is 2.37. The highest BCUT2D eigenvalue weighted by atomic mass is 16.3. The second-order valence-corrected chi connectivity index (χ2v) is 3.06. The van der Waals surface area contributed by atoms with Crippen LogP contribution in [0.5, 0.6) is 0 Å². The van der Waals surface area contributed by atoms with E-state index in [1.807, 2.05) is 6.92 Å². The Labute approximate surface area is 70.8 Å². The second kappa shape index (κ2) is 5.59. The molecule has 64 valence electrons. The summed E-state index contributed by atoms with van der Waals surface area (Å²) in [7, 11) is 0. The molecule has 0 aromatic rings. The van der Waals surface area contributed by atoms with Crippen molar-refractivity contribution < 1.29 is 5.11 Å². The van der Waals surface area contributed by atoms with Gasteiger partial charge in [0.05, 0.1) is 5.60 Å². The molecule has 0 aliphatic heterocycles. The van der Waals surface area contributed by atoms with Crippen molar-refractivity contribution in [3.8, 4) is 0 Å². The van der Waals surface area contributed by atoms with Gasteiger partial charge in [-0.2, -0.15) is 0 Å². The molecule has 11 heavy (non-hydrogen) atoms. The van der Waals surface area contributed by atoms with Gasteiger partial charge in [-0.25, -0.2) is 0 Å². The van der Waals surface area contributed by atoms with Crippen LogP contribution in [0.3, 0.4) is 0 Å². The van der Waals surface area contributed by atoms with Crippen molar-refractivity contribution in [2.24, 2.45) is 0 Å². The van der Waals surface area contributed by atoms with Crippen molar-refractivity contribution >= 4 is 0 Å². The number of unbranched alkanes of at least 4 members (excludes halogenated alkanes) is 2. The standard InChI is InChI=1S/C10H18O/c1-4-6-8-10(3,11)9-7-5-2/h4,6,8,11H,1,5,7,9H2,2-3H3/t10-/m1/s1. The minimum atomic E-state index is -0.649. The fourth-order valence-corrected chi connectivity index (χ4v) is 0.893. The number of hydrogen-bond donors (Lipinski definition) is 1. The summed E-state index contributed by atoms with van der Waals surface area (Å²) in [6, 6.07) is 0. The molecule has 0 spiro atoms. The molecular weight excluding hydrogens is 136 g/mol. The van der Waals surface area contributed by atoms with E-state index < -0.39 is 5.60 Å². The summed E-state index contributed by atoms with van der Waals surface area (Å²) in [5, 5.41) is 9.64. The summed E-state index contributed by atoms with van der Waals surface area (Å²) in [4.78, 5) is 0. The van der Waals surface area contributed by atoms with Crippen molar-refractivity contribution in [3.63, 3.8) is 0 Å². The molecule has 0 aliphatic carbocycles. The summed E-state index contributed by atoms with van der Waals surface area (Å²) >= 11 is 0. The van der Waals surface area contributed by atoms with E-state index in [4.69, 9.17) is 0 Å². The molecule has 0 aliphatic rings. The van der Waals surface area contributed by atoms with Gasteiger partial charge in [-0.3, -0.25) is 0 Å². The van der Waals surface area contributed by atoms with Crippen molar-refractivity contribution in [2.45, 2.75) is 38.7 Å². The molecule has 0 fully saturated rings. The van der Waals surface area contributed by atoms with E-state index >= 15 is 0 Å². The lowest BCUT2D eigenvalue weighted by molar-refractivity contribution is 0.0847. The van der Waals surface area contributed by atoms with Gasteiger partial charge in [0.2, 0.25) is 0 Å². The Hall–Kier alpha value is -0.0400. The number of hydrogen-bond acceptors (Lipinski definition) is 1. The Morgan fingerprint density at radius 1 is 1.55 bits per heavy atom. The zero-order valence-corrected chi connectivity index (χ0v) is 7.51. The maximum absolute atomic E-state index is 9.64. The highest BCUT2D eigenvalue weighted by Crippen LogP contribution is 2.18. The van der Waals surface area contributed by atoms with Gasteiger partial charge in [-0.05, 0) is 39.5 Å². The zero-order valence-electron chi connectivity index (χ0n) is 7.51. The van der Waals surface area contributed by atoms with Crippen LogP contribution >= 0.6 is 0 Å². The Bertz CT molecular complexity index is 76.9. The molecule has 0 unspecified atom stereocenters. The van der Waals surface area contributed by atoms with E-state index in [0.717, 1.165) is 19.3 Å². The fourth-order valence-electron chi connectivity index (χ4n) is 0.893. The Morgan fingerprint density at radius 3 is 2.64 bits per heavy atom. The molecule has 1 heteroatoms. The lowest BCUT2D eigenvalue weighted by Crippen LogP contribution is -2.24. The molecule has 1 N–H and O–H groups in total. The summed E-state index contributed by atoms with van der Waals surface area (Å²) < 4.78 is 0. The lowest BCUT2D eigenvalue weighted by atomic mass is 9.93. The van der Waals surface area contributed by atoms with E-state index in [2.05, 4.69) is 13.8 Å². The summed E-state index contributed by atoms with van der Waals surface area (Å²) in [5.41, 5.74) is -0.649. The topological polar surface area (TPSA) is 20.2 Å². The Morgan fingerprint density at radius 2 is 2.18 bits per heavy atom. The van der Waals surface area contributed by atoms with Crippen molar-refractivity contribution in [2.75, 3.05) is 0 Å². The van der Waals surface area contributed by atoms with Gasteiger partial charge in [0.1, 0.15) is 0 Å².